The average molecular weight is 297 g/mol. The molecule has 0 radical (unpaired) electrons. The summed E-state index contributed by atoms with van der Waals surface area (Å²) < 4.78 is 10.2. The van der Waals surface area contributed by atoms with E-state index in [1.54, 1.807) is 31.2 Å². The van der Waals surface area contributed by atoms with E-state index < -0.39 is 5.91 Å². The minimum Gasteiger partial charge on any atom is -0.494 e. The Morgan fingerprint density at radius 1 is 1.50 bits per heavy atom. The van der Waals surface area contributed by atoms with E-state index in [0.29, 0.717) is 23.7 Å². The van der Waals surface area contributed by atoms with Crippen LogP contribution < -0.4 is 10.1 Å². The molecular weight excluding hydrogens is 282 g/mol. The largest absolute Gasteiger partial charge is 0.494 e. The van der Waals surface area contributed by atoms with Gasteiger partial charge in [-0.1, -0.05) is 17.3 Å². The van der Waals surface area contributed by atoms with Gasteiger partial charge < -0.3 is 14.6 Å². The maximum atomic E-state index is 12.1. The first kappa shape index (κ1) is 15.3. The molecule has 0 fully saturated rings. The minimum atomic E-state index is -0.544. The molecule has 1 aromatic carbocycles. The monoisotopic (exact) mass is 297 g/mol. The number of carbonyl (C=O) groups is 1. The molecule has 0 unspecified atom stereocenters. The molecule has 0 aliphatic heterocycles. The summed E-state index contributed by atoms with van der Waals surface area (Å²) in [4.78, 5) is 12.1. The highest BCUT2D eigenvalue weighted by Crippen LogP contribution is 2.16. The molecule has 2 rings (SSSR count). The number of amides is 1. The lowest BCUT2D eigenvalue weighted by Crippen LogP contribution is -2.13. The Bertz CT molecular complexity index is 741. The van der Waals surface area contributed by atoms with Gasteiger partial charge in [-0.15, -0.1) is 0 Å². The quantitative estimate of drug-likeness (QED) is 0.677. The lowest BCUT2D eigenvalue weighted by Gasteiger charge is -2.04. The van der Waals surface area contributed by atoms with Crippen molar-refractivity contribution in [2.24, 2.45) is 0 Å². The molecule has 112 valence electrons. The Hall–Kier alpha value is -3.07. The second-order valence-electron chi connectivity index (χ2n) is 4.45. The highest BCUT2D eigenvalue weighted by molar-refractivity contribution is 6.09. The maximum absolute atomic E-state index is 12.1. The zero-order chi connectivity index (χ0) is 15.9. The molecule has 0 saturated carbocycles. The summed E-state index contributed by atoms with van der Waals surface area (Å²) in [6, 6.07) is 10.6. The second-order valence-corrected chi connectivity index (χ2v) is 4.45. The van der Waals surface area contributed by atoms with Gasteiger partial charge in [0.25, 0.3) is 5.91 Å². The van der Waals surface area contributed by atoms with Crippen molar-refractivity contribution in [1.29, 1.82) is 5.26 Å². The highest BCUT2D eigenvalue weighted by Gasteiger charge is 2.11. The van der Waals surface area contributed by atoms with Crippen LogP contribution in [0.5, 0.6) is 5.75 Å². The minimum absolute atomic E-state index is 0.0331. The van der Waals surface area contributed by atoms with Gasteiger partial charge in [0, 0.05) is 6.07 Å². The Morgan fingerprint density at radius 3 is 2.95 bits per heavy atom. The van der Waals surface area contributed by atoms with Crippen LogP contribution in [0.15, 0.2) is 40.4 Å². The van der Waals surface area contributed by atoms with E-state index in [9.17, 15) is 4.79 Å². The number of rotatable bonds is 5. The zero-order valence-electron chi connectivity index (χ0n) is 12.3. The van der Waals surface area contributed by atoms with Crippen LogP contribution in [0.3, 0.4) is 0 Å². The normalized spacial score (nSPS) is 10.9. The summed E-state index contributed by atoms with van der Waals surface area (Å²) in [5.74, 6) is 0.979. The number of nitrogens with zero attached hydrogens (tertiary/aromatic N) is 2. The average Bonchev–Trinajstić information content (AvgIpc) is 2.90. The Kier molecular flexibility index (Phi) is 4.94. The number of nitriles is 1. The van der Waals surface area contributed by atoms with Gasteiger partial charge in [0.05, 0.1) is 6.61 Å². The standard InChI is InChI=1S/C16H15N3O3/c1-3-21-14-6-4-5-12(9-14)8-13(10-17)16(20)18-15-7-11(2)22-19-15/h4-9H,3H2,1-2H3,(H,18,19,20)/b13-8-. The fourth-order valence-electron chi connectivity index (χ4n) is 1.79. The van der Waals surface area contributed by atoms with Gasteiger partial charge >= 0.3 is 0 Å². The lowest BCUT2D eigenvalue weighted by molar-refractivity contribution is -0.112. The van der Waals surface area contributed by atoms with Gasteiger partial charge in [0.1, 0.15) is 23.2 Å². The second kappa shape index (κ2) is 7.09. The molecule has 22 heavy (non-hydrogen) atoms. The molecule has 2 aromatic rings. The third-order valence-corrected chi connectivity index (χ3v) is 2.71. The van der Waals surface area contributed by atoms with Crippen LogP contribution in [-0.2, 0) is 4.79 Å². The molecule has 0 aliphatic carbocycles. The summed E-state index contributed by atoms with van der Waals surface area (Å²) in [7, 11) is 0. The SMILES string of the molecule is CCOc1cccc(/C=C(/C#N)C(=O)Nc2cc(C)on2)c1. The number of carbonyl (C=O) groups excluding carboxylic acids is 1. The van der Waals surface area contributed by atoms with Crippen molar-refractivity contribution < 1.29 is 14.1 Å². The number of aryl methyl sites for hydroxylation is 1. The first-order valence-corrected chi connectivity index (χ1v) is 6.71. The topological polar surface area (TPSA) is 88.1 Å². The Balaban J connectivity index is 2.18. The van der Waals surface area contributed by atoms with E-state index >= 15 is 0 Å². The van der Waals surface area contributed by atoms with Gasteiger partial charge in [0.15, 0.2) is 5.82 Å². The molecule has 0 aliphatic rings. The van der Waals surface area contributed by atoms with E-state index in [1.165, 1.54) is 6.08 Å². The van der Waals surface area contributed by atoms with Crippen LogP contribution >= 0.6 is 0 Å². The molecular formula is C16H15N3O3. The molecule has 6 nitrogen and oxygen atoms in total. The summed E-state index contributed by atoms with van der Waals surface area (Å²) >= 11 is 0. The van der Waals surface area contributed by atoms with Gasteiger partial charge in [-0.2, -0.15) is 5.26 Å². The van der Waals surface area contributed by atoms with Crippen molar-refractivity contribution in [2.45, 2.75) is 13.8 Å². The van der Waals surface area contributed by atoms with Crippen LogP contribution in [0.1, 0.15) is 18.2 Å². The van der Waals surface area contributed by atoms with E-state index in [4.69, 9.17) is 14.5 Å². The van der Waals surface area contributed by atoms with Gasteiger partial charge in [-0.3, -0.25) is 4.79 Å². The molecule has 1 amide bonds. The van der Waals surface area contributed by atoms with Crippen molar-refractivity contribution in [3.05, 3.63) is 47.2 Å². The van der Waals surface area contributed by atoms with Crippen LogP contribution in [0.4, 0.5) is 5.82 Å². The van der Waals surface area contributed by atoms with Crippen molar-refractivity contribution in [2.75, 3.05) is 11.9 Å². The summed E-state index contributed by atoms with van der Waals surface area (Å²) in [5, 5.41) is 15.3. The Morgan fingerprint density at radius 2 is 2.32 bits per heavy atom. The van der Waals surface area contributed by atoms with Crippen LogP contribution in [-0.4, -0.2) is 17.7 Å². The van der Waals surface area contributed by atoms with Gasteiger partial charge in [0.2, 0.25) is 0 Å². The zero-order valence-corrected chi connectivity index (χ0v) is 12.3. The summed E-state index contributed by atoms with van der Waals surface area (Å²) in [5.41, 5.74) is 0.670. The molecule has 0 bridgehead atoms. The number of benzene rings is 1. The van der Waals surface area contributed by atoms with E-state index in [0.717, 1.165) is 0 Å². The highest BCUT2D eigenvalue weighted by atomic mass is 16.5. The van der Waals surface area contributed by atoms with Crippen LogP contribution in [0.25, 0.3) is 6.08 Å². The maximum Gasteiger partial charge on any atom is 0.267 e. The smallest absolute Gasteiger partial charge is 0.267 e. The predicted molar refractivity (Wildman–Crippen MR) is 81.1 cm³/mol. The number of ether oxygens (including phenoxy) is 1. The summed E-state index contributed by atoms with van der Waals surface area (Å²) in [6.45, 7) is 4.14. The van der Waals surface area contributed by atoms with Crippen LogP contribution in [0.2, 0.25) is 0 Å². The summed E-state index contributed by atoms with van der Waals surface area (Å²) in [6.07, 6.45) is 1.49. The fraction of sp³-hybridized carbons (Fsp3) is 0.188. The fourth-order valence-corrected chi connectivity index (χ4v) is 1.79. The molecule has 0 atom stereocenters. The number of hydrogen-bond acceptors (Lipinski definition) is 5. The van der Waals surface area contributed by atoms with E-state index in [-0.39, 0.29) is 11.4 Å². The predicted octanol–water partition coefficient (Wildman–Crippen LogP) is 2.93. The molecule has 6 heteroatoms. The number of nitrogens with one attached hydrogen (secondary N) is 1. The molecule has 1 N–H and O–H groups in total. The number of anilines is 1. The van der Waals surface area contributed by atoms with Gasteiger partial charge in [-0.25, -0.2) is 0 Å². The van der Waals surface area contributed by atoms with Crippen molar-refractivity contribution in [1.82, 2.24) is 5.16 Å². The van der Waals surface area contributed by atoms with Crippen molar-refractivity contribution in [3.8, 4) is 11.8 Å². The van der Waals surface area contributed by atoms with E-state index in [1.807, 2.05) is 19.1 Å². The number of aromatic nitrogens is 1. The van der Waals surface area contributed by atoms with Crippen molar-refractivity contribution >= 4 is 17.8 Å². The lowest BCUT2D eigenvalue weighted by atomic mass is 10.1. The molecule has 0 saturated heterocycles. The van der Waals surface area contributed by atoms with E-state index in [2.05, 4.69) is 10.5 Å². The van der Waals surface area contributed by atoms with Crippen LogP contribution in [0, 0.1) is 18.3 Å². The molecule has 0 spiro atoms. The third kappa shape index (κ3) is 3.96. The Labute approximate surface area is 128 Å². The first-order valence-electron chi connectivity index (χ1n) is 6.71. The molecule has 1 heterocycles. The first-order chi connectivity index (χ1) is 10.6. The number of hydrogen-bond donors (Lipinski definition) is 1. The molecule has 1 aromatic heterocycles. The van der Waals surface area contributed by atoms with Gasteiger partial charge in [-0.05, 0) is 37.6 Å². The van der Waals surface area contributed by atoms with Crippen molar-refractivity contribution in [3.63, 3.8) is 0 Å². The third-order valence-electron chi connectivity index (χ3n) is 2.71.